The van der Waals surface area contributed by atoms with E-state index in [2.05, 4.69) is 10.3 Å². The van der Waals surface area contributed by atoms with Crippen molar-refractivity contribution in [2.45, 2.75) is 25.2 Å². The molecule has 0 N–H and O–H groups in total. The molecule has 1 amide bonds. The van der Waals surface area contributed by atoms with Crippen molar-refractivity contribution in [1.29, 1.82) is 0 Å². The summed E-state index contributed by atoms with van der Waals surface area (Å²) in [5, 5.41) is 7.57. The maximum absolute atomic E-state index is 13.0. The molecule has 0 saturated carbocycles. The van der Waals surface area contributed by atoms with Gasteiger partial charge in [0, 0.05) is 20.1 Å². The van der Waals surface area contributed by atoms with Crippen LogP contribution in [0.4, 0.5) is 4.39 Å². The summed E-state index contributed by atoms with van der Waals surface area (Å²) in [4.78, 5) is 14.4. The van der Waals surface area contributed by atoms with Gasteiger partial charge in [-0.05, 0) is 42.9 Å². The highest BCUT2D eigenvalue weighted by Crippen LogP contribution is 2.28. The van der Waals surface area contributed by atoms with Gasteiger partial charge in [0.1, 0.15) is 11.5 Å². The lowest BCUT2D eigenvalue weighted by Crippen LogP contribution is -2.33. The number of carbonyl (C=O) groups is 1. The number of carbonyl (C=O) groups excluding carboxylic acids is 1. The number of aromatic nitrogens is 3. The van der Waals surface area contributed by atoms with Gasteiger partial charge in [0.05, 0.1) is 6.20 Å². The van der Waals surface area contributed by atoms with Gasteiger partial charge in [-0.3, -0.25) is 4.79 Å². The van der Waals surface area contributed by atoms with E-state index in [-0.39, 0.29) is 11.7 Å². The third kappa shape index (κ3) is 3.00. The quantitative estimate of drug-likeness (QED) is 0.856. The minimum absolute atomic E-state index is 0.0211. The molecule has 0 bridgehead atoms. The Hall–Kier alpha value is -2.24. The number of amides is 1. The second kappa shape index (κ2) is 6.25. The number of likely N-dealkylation sites (tertiary alicyclic amines) is 1. The van der Waals surface area contributed by atoms with E-state index in [1.807, 2.05) is 17.0 Å². The Bertz CT molecular complexity index is 652. The maximum Gasteiger partial charge on any atom is 0.273 e. The van der Waals surface area contributed by atoms with Crippen molar-refractivity contribution < 1.29 is 9.18 Å². The van der Waals surface area contributed by atoms with Crippen molar-refractivity contribution in [2.24, 2.45) is 7.05 Å². The average Bonchev–Trinajstić information content (AvgIpc) is 2.80. The van der Waals surface area contributed by atoms with Gasteiger partial charge in [-0.25, -0.2) is 9.07 Å². The molecule has 22 heavy (non-hydrogen) atoms. The van der Waals surface area contributed by atoms with E-state index in [1.165, 1.54) is 23.0 Å². The maximum atomic E-state index is 13.0. The number of aryl methyl sites for hydroxylation is 1. The van der Waals surface area contributed by atoms with Crippen LogP contribution in [0.15, 0.2) is 30.5 Å². The van der Waals surface area contributed by atoms with Crippen LogP contribution in [-0.4, -0.2) is 38.9 Å². The first-order valence-electron chi connectivity index (χ1n) is 7.54. The molecule has 1 fully saturated rings. The third-order valence-electron chi connectivity index (χ3n) is 4.29. The standard InChI is InChI=1S/C16H19FN4O/c1-20-15(11-18-19-20)16(22)21-9-2-3-12(8-10-21)13-4-6-14(17)7-5-13/h4-7,11-12H,2-3,8-10H2,1H3/t12-/m1/s1. The first-order valence-corrected chi connectivity index (χ1v) is 7.54. The van der Waals surface area contributed by atoms with Gasteiger partial charge in [-0.1, -0.05) is 17.3 Å². The molecular weight excluding hydrogens is 283 g/mol. The molecule has 1 atom stereocenters. The summed E-state index contributed by atoms with van der Waals surface area (Å²) < 4.78 is 14.5. The molecule has 1 aromatic carbocycles. The number of hydrogen-bond acceptors (Lipinski definition) is 3. The van der Waals surface area contributed by atoms with Gasteiger partial charge >= 0.3 is 0 Å². The SMILES string of the molecule is Cn1nncc1C(=O)N1CCC[C@@H](c2ccc(F)cc2)CC1. The first-order chi connectivity index (χ1) is 10.6. The molecule has 3 rings (SSSR count). The Morgan fingerprint density at radius 3 is 2.68 bits per heavy atom. The van der Waals surface area contributed by atoms with Crippen LogP contribution < -0.4 is 0 Å². The molecule has 6 heteroatoms. The summed E-state index contributed by atoms with van der Waals surface area (Å²) in [7, 11) is 1.72. The highest BCUT2D eigenvalue weighted by Gasteiger charge is 2.24. The molecule has 2 heterocycles. The molecule has 0 radical (unpaired) electrons. The Balaban J connectivity index is 1.68. The van der Waals surface area contributed by atoms with Crippen LogP contribution >= 0.6 is 0 Å². The van der Waals surface area contributed by atoms with E-state index in [0.29, 0.717) is 18.2 Å². The van der Waals surface area contributed by atoms with Gasteiger partial charge in [0.15, 0.2) is 0 Å². The number of halogens is 1. The fourth-order valence-corrected chi connectivity index (χ4v) is 3.01. The highest BCUT2D eigenvalue weighted by atomic mass is 19.1. The van der Waals surface area contributed by atoms with E-state index >= 15 is 0 Å². The molecule has 5 nitrogen and oxygen atoms in total. The zero-order valence-electron chi connectivity index (χ0n) is 12.6. The van der Waals surface area contributed by atoms with Crippen molar-refractivity contribution in [3.8, 4) is 0 Å². The summed E-state index contributed by atoms with van der Waals surface area (Å²) in [6.45, 7) is 1.44. The minimum atomic E-state index is -0.210. The number of nitrogens with zero attached hydrogens (tertiary/aromatic N) is 4. The fraction of sp³-hybridized carbons (Fsp3) is 0.438. The van der Waals surface area contributed by atoms with E-state index < -0.39 is 0 Å². The molecule has 0 aliphatic carbocycles. The molecule has 0 spiro atoms. The van der Waals surface area contributed by atoms with E-state index in [9.17, 15) is 9.18 Å². The summed E-state index contributed by atoms with van der Waals surface area (Å²) in [6.07, 6.45) is 4.35. The Morgan fingerprint density at radius 1 is 1.23 bits per heavy atom. The van der Waals surface area contributed by atoms with Gasteiger partial charge in [-0.2, -0.15) is 0 Å². The van der Waals surface area contributed by atoms with Gasteiger partial charge in [0.2, 0.25) is 0 Å². The number of hydrogen-bond donors (Lipinski definition) is 0. The second-order valence-electron chi connectivity index (χ2n) is 5.71. The molecule has 0 unspecified atom stereocenters. The second-order valence-corrected chi connectivity index (χ2v) is 5.71. The Labute approximate surface area is 128 Å². The lowest BCUT2D eigenvalue weighted by molar-refractivity contribution is 0.0750. The molecule has 2 aromatic rings. The summed E-state index contributed by atoms with van der Waals surface area (Å²) in [5.74, 6) is 0.146. The van der Waals surface area contributed by atoms with Crippen molar-refractivity contribution in [1.82, 2.24) is 19.9 Å². The summed E-state index contributed by atoms with van der Waals surface area (Å²) >= 11 is 0. The largest absolute Gasteiger partial charge is 0.337 e. The van der Waals surface area contributed by atoms with Gasteiger partial charge in [-0.15, -0.1) is 5.10 Å². The predicted octanol–water partition coefficient (Wildman–Crippen LogP) is 2.36. The average molecular weight is 302 g/mol. The van der Waals surface area contributed by atoms with Crippen LogP contribution in [0, 0.1) is 5.82 Å². The number of rotatable bonds is 2. The summed E-state index contributed by atoms with van der Waals surface area (Å²) in [5.41, 5.74) is 1.66. The van der Waals surface area contributed by atoms with E-state index in [0.717, 1.165) is 31.4 Å². The van der Waals surface area contributed by atoms with Crippen molar-refractivity contribution in [3.05, 3.63) is 47.5 Å². The number of benzene rings is 1. The van der Waals surface area contributed by atoms with Crippen LogP contribution in [0.25, 0.3) is 0 Å². The Morgan fingerprint density at radius 2 is 2.00 bits per heavy atom. The lowest BCUT2D eigenvalue weighted by atomic mass is 9.92. The zero-order valence-corrected chi connectivity index (χ0v) is 12.6. The van der Waals surface area contributed by atoms with Crippen LogP contribution in [0.2, 0.25) is 0 Å². The molecule has 116 valence electrons. The van der Waals surface area contributed by atoms with Crippen molar-refractivity contribution >= 4 is 5.91 Å². The smallest absolute Gasteiger partial charge is 0.273 e. The predicted molar refractivity (Wildman–Crippen MR) is 79.9 cm³/mol. The Kier molecular flexibility index (Phi) is 4.18. The van der Waals surface area contributed by atoms with Crippen LogP contribution in [-0.2, 0) is 7.05 Å². The normalized spacial score (nSPS) is 19.0. The van der Waals surface area contributed by atoms with Gasteiger partial charge in [0.25, 0.3) is 5.91 Å². The highest BCUT2D eigenvalue weighted by molar-refractivity contribution is 5.92. The van der Waals surface area contributed by atoms with E-state index in [1.54, 1.807) is 7.05 Å². The van der Waals surface area contributed by atoms with Crippen LogP contribution in [0.5, 0.6) is 0 Å². The molecular formula is C16H19FN4O. The monoisotopic (exact) mass is 302 g/mol. The first kappa shape index (κ1) is 14.7. The molecule has 1 saturated heterocycles. The minimum Gasteiger partial charge on any atom is -0.337 e. The zero-order chi connectivity index (χ0) is 15.5. The van der Waals surface area contributed by atoms with Crippen LogP contribution in [0.1, 0.15) is 41.2 Å². The fourth-order valence-electron chi connectivity index (χ4n) is 3.01. The molecule has 1 aliphatic heterocycles. The third-order valence-corrected chi connectivity index (χ3v) is 4.29. The van der Waals surface area contributed by atoms with E-state index in [4.69, 9.17) is 0 Å². The van der Waals surface area contributed by atoms with Crippen molar-refractivity contribution in [3.63, 3.8) is 0 Å². The molecule has 1 aromatic heterocycles. The van der Waals surface area contributed by atoms with Crippen LogP contribution in [0.3, 0.4) is 0 Å². The summed E-state index contributed by atoms with van der Waals surface area (Å²) in [6, 6.07) is 6.71. The van der Waals surface area contributed by atoms with Crippen molar-refractivity contribution in [2.75, 3.05) is 13.1 Å². The topological polar surface area (TPSA) is 51.0 Å². The molecule has 1 aliphatic rings. The van der Waals surface area contributed by atoms with Gasteiger partial charge < -0.3 is 4.90 Å². The lowest BCUT2D eigenvalue weighted by Gasteiger charge is -2.20.